The molecule has 18 heavy (non-hydrogen) atoms. The molecule has 0 aliphatic carbocycles. The molecule has 96 valence electrons. The first-order valence-corrected chi connectivity index (χ1v) is 6.63. The fourth-order valence-electron chi connectivity index (χ4n) is 1.91. The molecule has 0 saturated carbocycles. The van der Waals surface area contributed by atoms with E-state index in [1.807, 2.05) is 25.1 Å². The lowest BCUT2D eigenvalue weighted by molar-refractivity contribution is -0.0413. The lowest BCUT2D eigenvalue weighted by Gasteiger charge is -2.06. The molecular formula is C13H14O4S. The van der Waals surface area contributed by atoms with Gasteiger partial charge in [0.25, 0.3) is 0 Å². The zero-order valence-corrected chi connectivity index (χ0v) is 10.8. The maximum absolute atomic E-state index is 10.2. The van der Waals surface area contributed by atoms with Gasteiger partial charge in [0, 0.05) is 4.88 Å². The number of rotatable bonds is 3. The molecular weight excluding hydrogens is 252 g/mol. The quantitative estimate of drug-likeness (QED) is 0.928. The van der Waals surface area contributed by atoms with E-state index >= 15 is 0 Å². The molecule has 0 spiro atoms. The standard InChI is InChI=1S/C13H14O4S/c1-8-2-3-9(17-8)12(14)10-4-5-11(18-10)13-15-6-7-16-13/h2-5,12-14H,6-7H2,1H3. The highest BCUT2D eigenvalue weighted by molar-refractivity contribution is 7.12. The SMILES string of the molecule is Cc1ccc(C(O)c2ccc(C3OCCO3)s2)o1. The first kappa shape index (κ1) is 11.9. The van der Waals surface area contributed by atoms with Crippen molar-refractivity contribution in [3.63, 3.8) is 0 Å². The number of hydrogen-bond acceptors (Lipinski definition) is 5. The Morgan fingerprint density at radius 1 is 1.22 bits per heavy atom. The summed E-state index contributed by atoms with van der Waals surface area (Å²) in [7, 11) is 0. The lowest BCUT2D eigenvalue weighted by Crippen LogP contribution is -1.95. The third-order valence-corrected chi connectivity index (χ3v) is 3.96. The summed E-state index contributed by atoms with van der Waals surface area (Å²) in [6.45, 7) is 3.10. The van der Waals surface area contributed by atoms with E-state index in [4.69, 9.17) is 13.9 Å². The fraction of sp³-hybridized carbons (Fsp3) is 0.385. The van der Waals surface area contributed by atoms with Gasteiger partial charge in [0.2, 0.25) is 0 Å². The van der Waals surface area contributed by atoms with Crippen LogP contribution in [0.1, 0.15) is 33.7 Å². The summed E-state index contributed by atoms with van der Waals surface area (Å²) in [6, 6.07) is 7.45. The molecule has 0 aromatic carbocycles. The summed E-state index contributed by atoms with van der Waals surface area (Å²) in [5.74, 6) is 1.36. The van der Waals surface area contributed by atoms with E-state index in [0.29, 0.717) is 19.0 Å². The van der Waals surface area contributed by atoms with Crippen LogP contribution in [-0.2, 0) is 9.47 Å². The smallest absolute Gasteiger partial charge is 0.193 e. The van der Waals surface area contributed by atoms with Gasteiger partial charge in [-0.1, -0.05) is 0 Å². The fourth-order valence-corrected chi connectivity index (χ4v) is 2.91. The Kier molecular flexibility index (Phi) is 3.22. The molecule has 1 N–H and O–H groups in total. The van der Waals surface area contributed by atoms with E-state index in [0.717, 1.165) is 15.5 Å². The molecule has 1 aliphatic rings. The molecule has 3 heterocycles. The van der Waals surface area contributed by atoms with Crippen LogP contribution >= 0.6 is 11.3 Å². The minimum atomic E-state index is -0.723. The number of aryl methyl sites for hydroxylation is 1. The molecule has 1 unspecified atom stereocenters. The van der Waals surface area contributed by atoms with Crippen LogP contribution in [0.2, 0.25) is 0 Å². The molecule has 1 saturated heterocycles. The number of ether oxygens (including phenoxy) is 2. The summed E-state index contributed by atoms with van der Waals surface area (Å²) in [5, 5.41) is 10.2. The number of aliphatic hydroxyl groups excluding tert-OH is 1. The van der Waals surface area contributed by atoms with Gasteiger partial charge in [-0.15, -0.1) is 11.3 Å². The van der Waals surface area contributed by atoms with E-state index in [9.17, 15) is 5.11 Å². The number of hydrogen-bond donors (Lipinski definition) is 1. The largest absolute Gasteiger partial charge is 0.463 e. The predicted octanol–water partition coefficient (Wildman–Crippen LogP) is 2.78. The average Bonchev–Trinajstić information content (AvgIpc) is 3.09. The first-order chi connectivity index (χ1) is 8.74. The first-order valence-electron chi connectivity index (χ1n) is 5.81. The van der Waals surface area contributed by atoms with Crippen molar-refractivity contribution in [2.75, 3.05) is 13.2 Å². The van der Waals surface area contributed by atoms with Crippen LogP contribution in [0.4, 0.5) is 0 Å². The van der Waals surface area contributed by atoms with E-state index in [2.05, 4.69) is 0 Å². The Bertz CT molecular complexity index is 525. The Morgan fingerprint density at radius 2 is 2.00 bits per heavy atom. The molecule has 2 aromatic rings. The minimum Gasteiger partial charge on any atom is -0.463 e. The second-order valence-electron chi connectivity index (χ2n) is 4.16. The van der Waals surface area contributed by atoms with Crippen LogP contribution in [0.15, 0.2) is 28.7 Å². The molecule has 1 aliphatic heterocycles. The monoisotopic (exact) mass is 266 g/mol. The Hall–Kier alpha value is -1.14. The maximum Gasteiger partial charge on any atom is 0.193 e. The van der Waals surface area contributed by atoms with E-state index < -0.39 is 6.10 Å². The van der Waals surface area contributed by atoms with Crippen LogP contribution in [0, 0.1) is 6.92 Å². The van der Waals surface area contributed by atoms with E-state index in [1.54, 1.807) is 6.07 Å². The molecule has 0 radical (unpaired) electrons. The summed E-state index contributed by atoms with van der Waals surface area (Å²) in [6.07, 6.45) is -1.01. The molecule has 4 nitrogen and oxygen atoms in total. The zero-order chi connectivity index (χ0) is 12.5. The van der Waals surface area contributed by atoms with Crippen molar-refractivity contribution in [2.24, 2.45) is 0 Å². The summed E-state index contributed by atoms with van der Waals surface area (Å²) >= 11 is 1.48. The second kappa shape index (κ2) is 4.85. The van der Waals surface area contributed by atoms with Gasteiger partial charge in [-0.3, -0.25) is 0 Å². The van der Waals surface area contributed by atoms with Gasteiger partial charge < -0.3 is 19.0 Å². The normalized spacial score (nSPS) is 18.3. The van der Waals surface area contributed by atoms with Crippen LogP contribution in [0.25, 0.3) is 0 Å². The molecule has 1 fully saturated rings. The summed E-state index contributed by atoms with van der Waals surface area (Å²) < 4.78 is 16.3. The number of thiophene rings is 1. The van der Waals surface area contributed by atoms with E-state index in [1.165, 1.54) is 11.3 Å². The van der Waals surface area contributed by atoms with Crippen LogP contribution < -0.4 is 0 Å². The molecule has 2 aromatic heterocycles. The van der Waals surface area contributed by atoms with Gasteiger partial charge in [0.1, 0.15) is 17.6 Å². The van der Waals surface area contributed by atoms with Crippen molar-refractivity contribution in [3.8, 4) is 0 Å². The lowest BCUT2D eigenvalue weighted by atomic mass is 10.2. The number of aliphatic hydroxyl groups is 1. The third-order valence-electron chi connectivity index (χ3n) is 2.80. The van der Waals surface area contributed by atoms with Gasteiger partial charge in [-0.25, -0.2) is 0 Å². The molecule has 0 amide bonds. The minimum absolute atomic E-state index is 0.283. The van der Waals surface area contributed by atoms with Gasteiger partial charge >= 0.3 is 0 Å². The molecule has 1 atom stereocenters. The topological polar surface area (TPSA) is 51.8 Å². The highest BCUT2D eigenvalue weighted by Crippen LogP contribution is 2.34. The molecule has 0 bridgehead atoms. The Labute approximate surface area is 109 Å². The van der Waals surface area contributed by atoms with Gasteiger partial charge in [0.15, 0.2) is 6.29 Å². The Balaban J connectivity index is 1.80. The maximum atomic E-state index is 10.2. The van der Waals surface area contributed by atoms with Crippen molar-refractivity contribution < 1.29 is 19.0 Å². The van der Waals surface area contributed by atoms with Gasteiger partial charge in [-0.2, -0.15) is 0 Å². The van der Waals surface area contributed by atoms with Crippen LogP contribution in [-0.4, -0.2) is 18.3 Å². The second-order valence-corrected chi connectivity index (χ2v) is 5.31. The predicted molar refractivity (Wildman–Crippen MR) is 66.5 cm³/mol. The summed E-state index contributed by atoms with van der Waals surface area (Å²) in [5.41, 5.74) is 0. The third kappa shape index (κ3) is 2.22. The van der Waals surface area contributed by atoms with Crippen LogP contribution in [0.5, 0.6) is 0 Å². The van der Waals surface area contributed by atoms with E-state index in [-0.39, 0.29) is 6.29 Å². The number of furan rings is 1. The summed E-state index contributed by atoms with van der Waals surface area (Å²) in [4.78, 5) is 1.81. The van der Waals surface area contributed by atoms with Crippen molar-refractivity contribution in [2.45, 2.75) is 19.3 Å². The zero-order valence-electron chi connectivity index (χ0n) is 9.96. The molecule has 3 rings (SSSR count). The van der Waals surface area contributed by atoms with Crippen molar-refractivity contribution in [3.05, 3.63) is 45.5 Å². The highest BCUT2D eigenvalue weighted by atomic mass is 32.1. The van der Waals surface area contributed by atoms with Crippen molar-refractivity contribution >= 4 is 11.3 Å². The Morgan fingerprint density at radius 3 is 2.67 bits per heavy atom. The highest BCUT2D eigenvalue weighted by Gasteiger charge is 2.23. The van der Waals surface area contributed by atoms with Crippen LogP contribution in [0.3, 0.4) is 0 Å². The van der Waals surface area contributed by atoms with Gasteiger partial charge in [-0.05, 0) is 31.2 Å². The van der Waals surface area contributed by atoms with Gasteiger partial charge in [0.05, 0.1) is 18.1 Å². The molecule has 5 heteroatoms. The van der Waals surface area contributed by atoms with Crippen molar-refractivity contribution in [1.29, 1.82) is 0 Å². The van der Waals surface area contributed by atoms with Crippen molar-refractivity contribution in [1.82, 2.24) is 0 Å². The average molecular weight is 266 g/mol.